The van der Waals surface area contributed by atoms with Crippen LogP contribution in [0.3, 0.4) is 0 Å². The number of hydrogen-bond donors (Lipinski definition) is 1. The van der Waals surface area contributed by atoms with Crippen LogP contribution in [-0.2, 0) is 4.79 Å². The van der Waals surface area contributed by atoms with Crippen molar-refractivity contribution in [2.24, 2.45) is 0 Å². The van der Waals surface area contributed by atoms with Gasteiger partial charge in [0.1, 0.15) is 5.75 Å². The van der Waals surface area contributed by atoms with Crippen LogP contribution in [0, 0.1) is 10.1 Å². The molecule has 7 nitrogen and oxygen atoms in total. The maximum Gasteiger partial charge on any atom is 0.276 e. The Morgan fingerprint density at radius 1 is 1.22 bits per heavy atom. The summed E-state index contributed by atoms with van der Waals surface area (Å²) in [5, 5.41) is 13.9. The maximum atomic E-state index is 12.2. The van der Waals surface area contributed by atoms with Gasteiger partial charge in [-0.05, 0) is 32.3 Å². The Balaban J connectivity index is 2.08. The normalized spacial score (nSPS) is 12.1. The van der Waals surface area contributed by atoms with Crippen LogP contribution >= 0.6 is 0 Å². The summed E-state index contributed by atoms with van der Waals surface area (Å²) in [5.41, 5.74) is 1.31. The topological polar surface area (TPSA) is 84.7 Å². The lowest BCUT2D eigenvalue weighted by atomic mass is 10.0. The fraction of sp³-hybridized carbons (Fsp3) is 0.250. The van der Waals surface area contributed by atoms with Gasteiger partial charge in [-0.2, -0.15) is 0 Å². The summed E-state index contributed by atoms with van der Waals surface area (Å²) in [7, 11) is 5.46. The maximum absolute atomic E-state index is 12.2. The van der Waals surface area contributed by atoms with Crippen molar-refractivity contribution in [3.05, 3.63) is 75.8 Å². The molecule has 27 heavy (non-hydrogen) atoms. The summed E-state index contributed by atoms with van der Waals surface area (Å²) in [6.45, 7) is 0.368. The fourth-order valence-electron chi connectivity index (χ4n) is 2.73. The Labute approximate surface area is 158 Å². The first kappa shape index (κ1) is 20.1. The van der Waals surface area contributed by atoms with E-state index in [2.05, 4.69) is 5.32 Å². The molecule has 1 amide bonds. The number of benzene rings is 2. The highest BCUT2D eigenvalue weighted by molar-refractivity contribution is 5.92. The first-order chi connectivity index (χ1) is 12.9. The highest BCUT2D eigenvalue weighted by Gasteiger charge is 2.18. The van der Waals surface area contributed by atoms with Gasteiger partial charge in [-0.25, -0.2) is 0 Å². The Kier molecular flexibility index (Phi) is 7.08. The molecule has 7 heteroatoms. The van der Waals surface area contributed by atoms with Crippen molar-refractivity contribution in [2.45, 2.75) is 6.04 Å². The summed E-state index contributed by atoms with van der Waals surface area (Å²) in [5.74, 6) is 0.427. The van der Waals surface area contributed by atoms with Crippen LogP contribution in [0.2, 0.25) is 0 Å². The minimum absolute atomic E-state index is 0.0401. The Morgan fingerprint density at radius 3 is 2.56 bits per heavy atom. The monoisotopic (exact) mass is 369 g/mol. The predicted molar refractivity (Wildman–Crippen MR) is 105 cm³/mol. The smallest absolute Gasteiger partial charge is 0.276 e. The van der Waals surface area contributed by atoms with E-state index in [4.69, 9.17) is 4.74 Å². The van der Waals surface area contributed by atoms with Crippen molar-refractivity contribution < 1.29 is 14.5 Å². The molecule has 0 bridgehead atoms. The van der Waals surface area contributed by atoms with Crippen molar-refractivity contribution in [1.82, 2.24) is 10.2 Å². The number of methoxy groups -OCH3 is 1. The summed E-state index contributed by atoms with van der Waals surface area (Å²) < 4.78 is 5.41. The molecule has 0 spiro atoms. The third-order valence-electron chi connectivity index (χ3n) is 4.14. The molecule has 1 N–H and O–H groups in total. The molecule has 2 aromatic rings. The molecule has 0 aliphatic rings. The number of likely N-dealkylation sites (N-methyl/N-ethyl adjacent to an activating group) is 1. The van der Waals surface area contributed by atoms with Gasteiger partial charge in [0.2, 0.25) is 5.91 Å². The number of amides is 1. The van der Waals surface area contributed by atoms with E-state index >= 15 is 0 Å². The minimum atomic E-state index is -0.471. The minimum Gasteiger partial charge on any atom is -0.496 e. The van der Waals surface area contributed by atoms with Crippen LogP contribution in [0.4, 0.5) is 5.69 Å². The van der Waals surface area contributed by atoms with Gasteiger partial charge in [0, 0.05) is 24.3 Å². The number of nitrogens with zero attached hydrogens (tertiary/aromatic N) is 2. The molecule has 1 atom stereocenters. The molecule has 1 unspecified atom stereocenters. The number of rotatable bonds is 8. The number of para-hydroxylation sites is 2. The van der Waals surface area contributed by atoms with E-state index in [1.165, 1.54) is 18.2 Å². The summed E-state index contributed by atoms with van der Waals surface area (Å²) in [6.07, 6.45) is 2.75. The largest absolute Gasteiger partial charge is 0.496 e. The summed E-state index contributed by atoms with van der Waals surface area (Å²) in [4.78, 5) is 24.7. The summed E-state index contributed by atoms with van der Waals surface area (Å²) in [6, 6.07) is 13.8. The van der Waals surface area contributed by atoms with Gasteiger partial charge in [0.05, 0.1) is 23.6 Å². The molecule has 0 aromatic heterocycles. The lowest BCUT2D eigenvalue weighted by Crippen LogP contribution is -2.33. The number of carbonyl (C=O) groups excluding carboxylic acids is 1. The Hall–Kier alpha value is -3.19. The van der Waals surface area contributed by atoms with Crippen LogP contribution in [0.15, 0.2) is 54.6 Å². The van der Waals surface area contributed by atoms with Crippen LogP contribution in [0.5, 0.6) is 5.75 Å². The lowest BCUT2D eigenvalue weighted by molar-refractivity contribution is -0.385. The molecule has 0 saturated carbocycles. The van der Waals surface area contributed by atoms with Gasteiger partial charge < -0.3 is 15.0 Å². The molecule has 0 radical (unpaired) electrons. The standard InChI is InChI=1S/C20H23N3O4/c1-22(2)18(16-9-5-7-11-19(16)27-3)14-21-20(24)13-12-15-8-4-6-10-17(15)23(25)26/h4-13,18H,14H2,1-3H3,(H,21,24)/b13-12+. The van der Waals surface area contributed by atoms with E-state index in [-0.39, 0.29) is 17.6 Å². The van der Waals surface area contributed by atoms with Crippen LogP contribution in [0.25, 0.3) is 6.08 Å². The number of nitrogens with one attached hydrogen (secondary N) is 1. The SMILES string of the molecule is COc1ccccc1C(CNC(=O)/C=C/c1ccccc1[N+](=O)[O-])N(C)C. The third-order valence-corrected chi connectivity index (χ3v) is 4.14. The van der Waals surface area contributed by atoms with Gasteiger partial charge in [0.25, 0.3) is 5.69 Å². The van der Waals surface area contributed by atoms with Crippen molar-refractivity contribution in [2.75, 3.05) is 27.7 Å². The van der Waals surface area contributed by atoms with Crippen molar-refractivity contribution in [3.63, 3.8) is 0 Å². The number of ether oxygens (including phenoxy) is 1. The van der Waals surface area contributed by atoms with Crippen LogP contribution in [0.1, 0.15) is 17.2 Å². The summed E-state index contributed by atoms with van der Waals surface area (Å²) >= 11 is 0. The highest BCUT2D eigenvalue weighted by atomic mass is 16.6. The van der Waals surface area contributed by atoms with Crippen LogP contribution < -0.4 is 10.1 Å². The molecule has 0 fully saturated rings. The van der Waals surface area contributed by atoms with Gasteiger partial charge in [-0.1, -0.05) is 30.3 Å². The average Bonchev–Trinajstić information content (AvgIpc) is 2.66. The second kappa shape index (κ2) is 9.49. The molecular weight excluding hydrogens is 346 g/mol. The molecular formula is C20H23N3O4. The lowest BCUT2D eigenvalue weighted by Gasteiger charge is -2.26. The van der Waals surface area contributed by atoms with Gasteiger partial charge in [0.15, 0.2) is 0 Å². The third kappa shape index (κ3) is 5.39. The van der Waals surface area contributed by atoms with Crippen LogP contribution in [-0.4, -0.2) is 43.5 Å². The van der Waals surface area contributed by atoms with Gasteiger partial charge in [-0.3, -0.25) is 14.9 Å². The molecule has 142 valence electrons. The number of hydrogen-bond acceptors (Lipinski definition) is 5. The van der Waals surface area contributed by atoms with Crippen molar-refractivity contribution >= 4 is 17.7 Å². The number of nitro groups is 1. The van der Waals surface area contributed by atoms with E-state index in [0.717, 1.165) is 11.3 Å². The molecule has 0 aliphatic carbocycles. The molecule has 0 aliphatic heterocycles. The molecule has 2 aromatic carbocycles. The molecule has 0 heterocycles. The second-order valence-corrected chi connectivity index (χ2v) is 6.12. The van der Waals surface area contributed by atoms with Gasteiger partial charge in [-0.15, -0.1) is 0 Å². The van der Waals surface area contributed by atoms with Crippen molar-refractivity contribution in [1.29, 1.82) is 0 Å². The average molecular weight is 369 g/mol. The van der Waals surface area contributed by atoms with Gasteiger partial charge >= 0.3 is 0 Å². The van der Waals surface area contributed by atoms with E-state index < -0.39 is 4.92 Å². The predicted octanol–water partition coefficient (Wildman–Crippen LogP) is 3.04. The Morgan fingerprint density at radius 2 is 1.89 bits per heavy atom. The first-order valence-electron chi connectivity index (χ1n) is 8.42. The van der Waals surface area contributed by atoms with Crippen molar-refractivity contribution in [3.8, 4) is 5.75 Å². The second-order valence-electron chi connectivity index (χ2n) is 6.12. The van der Waals surface area contributed by atoms with E-state index in [1.807, 2.05) is 43.3 Å². The zero-order valence-corrected chi connectivity index (χ0v) is 15.6. The zero-order valence-electron chi connectivity index (χ0n) is 15.6. The fourth-order valence-corrected chi connectivity index (χ4v) is 2.73. The quantitative estimate of drug-likeness (QED) is 0.439. The van der Waals surface area contributed by atoms with E-state index in [9.17, 15) is 14.9 Å². The number of carbonyl (C=O) groups is 1. The number of nitro benzene ring substituents is 1. The Bertz CT molecular complexity index is 833. The zero-order chi connectivity index (χ0) is 19.8. The molecule has 2 rings (SSSR count). The first-order valence-corrected chi connectivity index (χ1v) is 8.42. The molecule has 0 saturated heterocycles. The van der Waals surface area contributed by atoms with E-state index in [1.54, 1.807) is 25.3 Å². The van der Waals surface area contributed by atoms with E-state index in [0.29, 0.717) is 12.1 Å². The highest BCUT2D eigenvalue weighted by Crippen LogP contribution is 2.27.